The van der Waals surface area contributed by atoms with Gasteiger partial charge in [0.15, 0.2) is 5.78 Å². The summed E-state index contributed by atoms with van der Waals surface area (Å²) in [6.45, 7) is 10.4. The van der Waals surface area contributed by atoms with Crippen molar-refractivity contribution < 1.29 is 4.79 Å². The Labute approximate surface area is 86.9 Å². The Balaban J connectivity index is 3.12. The van der Waals surface area contributed by atoms with Crippen molar-refractivity contribution in [3.63, 3.8) is 0 Å². The minimum Gasteiger partial charge on any atom is -0.294 e. The van der Waals surface area contributed by atoms with E-state index in [1.807, 2.05) is 19.9 Å². The molecule has 0 radical (unpaired) electrons. The Kier molecular flexibility index (Phi) is 2.98. The van der Waals surface area contributed by atoms with Gasteiger partial charge in [-0.25, -0.2) is 0 Å². The van der Waals surface area contributed by atoms with Crippen LogP contribution in [0.1, 0.15) is 47.5 Å². The Morgan fingerprint density at radius 1 is 1.36 bits per heavy atom. The first-order valence-electron chi connectivity index (χ1n) is 5.23. The first kappa shape index (κ1) is 11.2. The molecule has 0 N–H and O–H groups in total. The van der Waals surface area contributed by atoms with E-state index in [2.05, 4.69) is 20.8 Å². The molecule has 0 amide bonds. The van der Waals surface area contributed by atoms with Crippen LogP contribution in [0.4, 0.5) is 0 Å². The van der Waals surface area contributed by atoms with Gasteiger partial charge in [-0.15, -0.1) is 0 Å². The molecule has 0 saturated heterocycles. The Morgan fingerprint density at radius 3 is 2.36 bits per heavy atom. The van der Waals surface area contributed by atoms with Crippen molar-refractivity contribution in [2.45, 2.75) is 47.5 Å². The number of Topliss-reactive ketones (excluding diaryl/α,β-unsaturated/α-hetero) is 1. The van der Waals surface area contributed by atoms with Gasteiger partial charge < -0.3 is 0 Å². The molecule has 1 rings (SSSR count). The molecule has 0 bridgehead atoms. The van der Waals surface area contributed by atoms with Gasteiger partial charge in [-0.2, -0.15) is 0 Å². The van der Waals surface area contributed by atoms with E-state index in [0.29, 0.717) is 12.2 Å². The van der Waals surface area contributed by atoms with Gasteiger partial charge in [0, 0.05) is 12.0 Å². The lowest BCUT2D eigenvalue weighted by Crippen LogP contribution is -2.25. The summed E-state index contributed by atoms with van der Waals surface area (Å²) in [5, 5.41) is 0. The number of carbonyl (C=O) groups excluding carboxylic acids is 1. The van der Waals surface area contributed by atoms with E-state index in [4.69, 9.17) is 0 Å². The maximum absolute atomic E-state index is 11.9. The first-order chi connectivity index (χ1) is 6.37. The Morgan fingerprint density at radius 2 is 1.93 bits per heavy atom. The fraction of sp³-hybridized carbons (Fsp3) is 0.615. The Hall–Kier alpha value is -0.850. The molecule has 0 atom stereocenters. The lowest BCUT2D eigenvalue weighted by atomic mass is 9.73. The van der Waals surface area contributed by atoms with Gasteiger partial charge in [-0.05, 0) is 38.2 Å². The molecule has 1 aliphatic rings. The highest BCUT2D eigenvalue weighted by molar-refractivity contribution is 6.01. The van der Waals surface area contributed by atoms with Gasteiger partial charge in [0.2, 0.25) is 0 Å². The van der Waals surface area contributed by atoms with Crippen LogP contribution in [0.25, 0.3) is 0 Å². The van der Waals surface area contributed by atoms with E-state index in [1.54, 1.807) is 0 Å². The van der Waals surface area contributed by atoms with Crippen LogP contribution >= 0.6 is 0 Å². The van der Waals surface area contributed by atoms with E-state index in [0.717, 1.165) is 17.6 Å². The summed E-state index contributed by atoms with van der Waals surface area (Å²) in [4.78, 5) is 11.9. The maximum atomic E-state index is 11.9. The molecule has 0 unspecified atom stereocenters. The molecule has 1 nitrogen and oxygen atoms in total. The van der Waals surface area contributed by atoms with Gasteiger partial charge in [0.1, 0.15) is 0 Å². The number of ketones is 1. The van der Waals surface area contributed by atoms with Crippen molar-refractivity contribution in [3.8, 4) is 0 Å². The average Bonchev–Trinajstić information content (AvgIpc) is 1.99. The molecule has 0 saturated carbocycles. The van der Waals surface area contributed by atoms with E-state index in [9.17, 15) is 4.79 Å². The van der Waals surface area contributed by atoms with Crippen LogP contribution < -0.4 is 0 Å². The van der Waals surface area contributed by atoms with E-state index in [1.165, 1.54) is 5.57 Å². The van der Waals surface area contributed by atoms with E-state index >= 15 is 0 Å². The second kappa shape index (κ2) is 3.72. The van der Waals surface area contributed by atoms with Crippen molar-refractivity contribution in [3.05, 3.63) is 22.8 Å². The number of hydrogen-bond acceptors (Lipinski definition) is 1. The Bertz CT molecular complexity index is 316. The molecule has 0 aromatic rings. The van der Waals surface area contributed by atoms with E-state index in [-0.39, 0.29) is 5.41 Å². The molecule has 0 aliphatic heterocycles. The van der Waals surface area contributed by atoms with Crippen LogP contribution in [0.3, 0.4) is 0 Å². The van der Waals surface area contributed by atoms with Crippen LogP contribution in [0.2, 0.25) is 0 Å². The summed E-state index contributed by atoms with van der Waals surface area (Å²) in [5.74, 6) is 0.314. The summed E-state index contributed by atoms with van der Waals surface area (Å²) in [6.07, 6.45) is 3.75. The standard InChI is InChI=1S/C13H20O/c1-6-9(2)12-10(3)7-13(4,5)8-11(12)14/h6H,7-8H2,1-5H3/b9-6-. The van der Waals surface area contributed by atoms with Gasteiger partial charge >= 0.3 is 0 Å². The lowest BCUT2D eigenvalue weighted by Gasteiger charge is -2.31. The predicted octanol–water partition coefficient (Wildman–Crippen LogP) is 3.66. The summed E-state index contributed by atoms with van der Waals surface area (Å²) in [5.41, 5.74) is 3.51. The molecule has 78 valence electrons. The number of hydrogen-bond donors (Lipinski definition) is 0. The largest absolute Gasteiger partial charge is 0.294 e. The predicted molar refractivity (Wildman–Crippen MR) is 60.2 cm³/mol. The third-order valence-corrected chi connectivity index (χ3v) is 2.92. The summed E-state index contributed by atoms with van der Waals surface area (Å²) < 4.78 is 0. The lowest BCUT2D eigenvalue weighted by molar-refractivity contribution is -0.117. The third kappa shape index (κ3) is 2.14. The van der Waals surface area contributed by atoms with Crippen molar-refractivity contribution in [2.75, 3.05) is 0 Å². The molecule has 0 heterocycles. The highest BCUT2D eigenvalue weighted by atomic mass is 16.1. The molecule has 0 aromatic carbocycles. The van der Waals surface area contributed by atoms with Crippen LogP contribution in [-0.2, 0) is 4.79 Å². The smallest absolute Gasteiger partial charge is 0.163 e. The molecular formula is C13H20O. The summed E-state index contributed by atoms with van der Waals surface area (Å²) in [6, 6.07) is 0. The second-order valence-corrected chi connectivity index (χ2v) is 5.07. The summed E-state index contributed by atoms with van der Waals surface area (Å²) in [7, 11) is 0. The highest BCUT2D eigenvalue weighted by Crippen LogP contribution is 2.38. The monoisotopic (exact) mass is 192 g/mol. The van der Waals surface area contributed by atoms with Gasteiger partial charge in [0.25, 0.3) is 0 Å². The van der Waals surface area contributed by atoms with E-state index < -0.39 is 0 Å². The quantitative estimate of drug-likeness (QED) is 0.619. The van der Waals surface area contributed by atoms with Crippen molar-refractivity contribution in [1.29, 1.82) is 0 Å². The minimum atomic E-state index is 0.151. The highest BCUT2D eigenvalue weighted by Gasteiger charge is 2.31. The zero-order valence-corrected chi connectivity index (χ0v) is 9.90. The zero-order chi connectivity index (χ0) is 10.9. The van der Waals surface area contributed by atoms with Crippen LogP contribution in [-0.4, -0.2) is 5.78 Å². The molecule has 0 fully saturated rings. The number of carbonyl (C=O) groups is 1. The van der Waals surface area contributed by atoms with Crippen molar-refractivity contribution >= 4 is 5.78 Å². The van der Waals surface area contributed by atoms with Crippen molar-refractivity contribution in [2.24, 2.45) is 5.41 Å². The maximum Gasteiger partial charge on any atom is 0.163 e. The van der Waals surface area contributed by atoms with Crippen LogP contribution in [0.15, 0.2) is 22.8 Å². The molecule has 0 spiro atoms. The molecular weight excluding hydrogens is 172 g/mol. The third-order valence-electron chi connectivity index (χ3n) is 2.92. The first-order valence-corrected chi connectivity index (χ1v) is 5.23. The van der Waals surface area contributed by atoms with Gasteiger partial charge in [0.05, 0.1) is 0 Å². The second-order valence-electron chi connectivity index (χ2n) is 5.07. The van der Waals surface area contributed by atoms with Gasteiger partial charge in [-0.1, -0.05) is 25.5 Å². The van der Waals surface area contributed by atoms with Crippen LogP contribution in [0, 0.1) is 5.41 Å². The minimum absolute atomic E-state index is 0.151. The molecule has 1 aliphatic carbocycles. The fourth-order valence-corrected chi connectivity index (χ4v) is 2.33. The number of allylic oxidation sites excluding steroid dienone is 4. The zero-order valence-electron chi connectivity index (χ0n) is 9.90. The van der Waals surface area contributed by atoms with Crippen LogP contribution in [0.5, 0.6) is 0 Å². The molecule has 14 heavy (non-hydrogen) atoms. The SMILES string of the molecule is C/C=C(/C)C1=C(C)CC(C)(C)CC1=O. The topological polar surface area (TPSA) is 17.1 Å². The van der Waals surface area contributed by atoms with Gasteiger partial charge in [-0.3, -0.25) is 4.79 Å². The number of rotatable bonds is 1. The average molecular weight is 192 g/mol. The molecule has 0 aromatic heterocycles. The normalized spacial score (nSPS) is 22.9. The molecule has 1 heteroatoms. The summed E-state index contributed by atoms with van der Waals surface area (Å²) >= 11 is 0. The fourth-order valence-electron chi connectivity index (χ4n) is 2.33. The van der Waals surface area contributed by atoms with Crippen molar-refractivity contribution in [1.82, 2.24) is 0 Å².